The molecule has 0 unspecified atom stereocenters. The Labute approximate surface area is 146 Å². The van der Waals surface area contributed by atoms with Crippen LogP contribution < -0.4 is 10.6 Å². The maximum absolute atomic E-state index is 13.7. The molecule has 0 atom stereocenters. The average molecular weight is 358 g/mol. The van der Waals surface area contributed by atoms with E-state index in [2.05, 4.69) is 10.6 Å². The third-order valence-corrected chi connectivity index (χ3v) is 4.17. The van der Waals surface area contributed by atoms with Gasteiger partial charge in [-0.2, -0.15) is 0 Å². The van der Waals surface area contributed by atoms with E-state index in [4.69, 9.17) is 0 Å². The van der Waals surface area contributed by atoms with E-state index in [0.29, 0.717) is 22.3 Å². The Morgan fingerprint density at radius 3 is 2.20 bits per heavy atom. The van der Waals surface area contributed by atoms with Gasteiger partial charge >= 0.3 is 0 Å². The first-order valence-corrected chi connectivity index (χ1v) is 8.12. The third-order valence-electron chi connectivity index (χ3n) is 3.30. The van der Waals surface area contributed by atoms with Crippen molar-refractivity contribution < 1.29 is 18.4 Å². The quantitative estimate of drug-likeness (QED) is 0.720. The predicted molar refractivity (Wildman–Crippen MR) is 93.0 cm³/mol. The first kappa shape index (κ1) is 16.8. The normalized spacial score (nSPS) is 10.3. The number of amides is 2. The van der Waals surface area contributed by atoms with E-state index < -0.39 is 17.5 Å². The zero-order chi connectivity index (χ0) is 17.8. The monoisotopic (exact) mass is 358 g/mol. The molecule has 0 aliphatic rings. The van der Waals surface area contributed by atoms with Crippen molar-refractivity contribution >= 4 is 34.5 Å². The second-order valence-electron chi connectivity index (χ2n) is 5.09. The van der Waals surface area contributed by atoms with Crippen LogP contribution in [0.1, 0.15) is 20.0 Å². The highest BCUT2D eigenvalue weighted by atomic mass is 32.1. The molecule has 3 rings (SSSR count). The Morgan fingerprint density at radius 1 is 0.840 bits per heavy atom. The van der Waals surface area contributed by atoms with Crippen molar-refractivity contribution in [1.82, 2.24) is 0 Å². The molecule has 1 heterocycles. The molecule has 2 aromatic carbocycles. The molecule has 3 aromatic rings. The summed E-state index contributed by atoms with van der Waals surface area (Å²) >= 11 is 1.31. The second-order valence-corrected chi connectivity index (χ2v) is 6.04. The first-order chi connectivity index (χ1) is 12.0. The number of hydrogen-bond donors (Lipinski definition) is 2. The highest BCUT2D eigenvalue weighted by Gasteiger charge is 2.13. The van der Waals surface area contributed by atoms with Crippen LogP contribution in [0, 0.1) is 11.6 Å². The number of anilines is 2. The van der Waals surface area contributed by atoms with Crippen molar-refractivity contribution in [2.75, 3.05) is 10.6 Å². The number of carbonyl (C=O) groups is 2. The van der Waals surface area contributed by atoms with Crippen LogP contribution in [0.15, 0.2) is 60.0 Å². The van der Waals surface area contributed by atoms with Crippen molar-refractivity contribution in [3.63, 3.8) is 0 Å². The smallest absolute Gasteiger partial charge is 0.265 e. The summed E-state index contributed by atoms with van der Waals surface area (Å²) in [5.41, 5.74) is 0.586. The summed E-state index contributed by atoms with van der Waals surface area (Å²) in [6.07, 6.45) is 0. The molecule has 2 amide bonds. The van der Waals surface area contributed by atoms with Gasteiger partial charge in [0.1, 0.15) is 11.6 Å². The molecule has 0 saturated heterocycles. The molecule has 126 valence electrons. The highest BCUT2D eigenvalue weighted by Crippen LogP contribution is 2.19. The Balaban J connectivity index is 1.73. The lowest BCUT2D eigenvalue weighted by atomic mass is 10.2. The maximum atomic E-state index is 13.7. The van der Waals surface area contributed by atoms with E-state index in [9.17, 15) is 18.4 Å². The van der Waals surface area contributed by atoms with E-state index in [1.165, 1.54) is 11.3 Å². The molecule has 0 aliphatic carbocycles. The van der Waals surface area contributed by atoms with Gasteiger partial charge in [0.2, 0.25) is 0 Å². The summed E-state index contributed by atoms with van der Waals surface area (Å²) in [6, 6.07) is 12.6. The molecule has 0 spiro atoms. The number of thiophene rings is 1. The van der Waals surface area contributed by atoms with Crippen molar-refractivity contribution in [2.45, 2.75) is 0 Å². The summed E-state index contributed by atoms with van der Waals surface area (Å²) in [7, 11) is 0. The summed E-state index contributed by atoms with van der Waals surface area (Å²) in [5, 5.41) is 7.02. The Hall–Kier alpha value is -3.06. The highest BCUT2D eigenvalue weighted by molar-refractivity contribution is 7.12. The summed E-state index contributed by atoms with van der Waals surface area (Å²) in [4.78, 5) is 24.7. The summed E-state index contributed by atoms with van der Waals surface area (Å²) in [5.74, 6) is -2.67. The molecule has 0 fully saturated rings. The number of halogens is 2. The van der Waals surface area contributed by atoms with E-state index in [0.717, 1.165) is 12.1 Å². The van der Waals surface area contributed by atoms with Crippen molar-refractivity contribution in [3.8, 4) is 0 Å². The van der Waals surface area contributed by atoms with Crippen LogP contribution >= 0.6 is 11.3 Å². The van der Waals surface area contributed by atoms with Crippen LogP contribution in [0.5, 0.6) is 0 Å². The fourth-order valence-corrected chi connectivity index (χ4v) is 2.77. The van der Waals surface area contributed by atoms with Crippen molar-refractivity contribution in [2.24, 2.45) is 0 Å². The van der Waals surface area contributed by atoms with E-state index >= 15 is 0 Å². The van der Waals surface area contributed by atoms with Crippen LogP contribution in [-0.2, 0) is 0 Å². The largest absolute Gasteiger partial charge is 0.322 e. The Bertz CT molecular complexity index is 927. The number of rotatable bonds is 4. The molecular weight excluding hydrogens is 346 g/mol. The van der Waals surface area contributed by atoms with Crippen LogP contribution in [-0.4, -0.2) is 11.8 Å². The molecule has 0 saturated carbocycles. The minimum absolute atomic E-state index is 0.261. The molecule has 1 aromatic heterocycles. The van der Waals surface area contributed by atoms with Crippen molar-refractivity contribution in [1.29, 1.82) is 0 Å². The third kappa shape index (κ3) is 4.07. The van der Waals surface area contributed by atoms with Gasteiger partial charge in [0.25, 0.3) is 11.8 Å². The Kier molecular flexibility index (Phi) is 4.85. The Morgan fingerprint density at radius 2 is 1.56 bits per heavy atom. The fraction of sp³-hybridized carbons (Fsp3) is 0. The van der Waals surface area contributed by atoms with Gasteiger partial charge in [0, 0.05) is 17.4 Å². The van der Waals surface area contributed by atoms with Gasteiger partial charge in [-0.05, 0) is 41.8 Å². The SMILES string of the molecule is O=C(Nc1cccc(NC(=O)c2ccc(F)cc2F)c1)c1cccs1. The van der Waals surface area contributed by atoms with Gasteiger partial charge in [0.15, 0.2) is 0 Å². The van der Waals surface area contributed by atoms with Gasteiger partial charge in [-0.1, -0.05) is 12.1 Å². The lowest BCUT2D eigenvalue weighted by Crippen LogP contribution is -2.14. The van der Waals surface area contributed by atoms with Gasteiger partial charge in [-0.25, -0.2) is 8.78 Å². The van der Waals surface area contributed by atoms with Crippen LogP contribution in [0.3, 0.4) is 0 Å². The standard InChI is InChI=1S/C18H12F2N2O2S/c19-11-6-7-14(15(20)9-11)17(23)21-12-3-1-4-13(10-12)22-18(24)16-5-2-8-25-16/h1-10H,(H,21,23)(H,22,24). The molecule has 4 nitrogen and oxygen atoms in total. The summed E-state index contributed by atoms with van der Waals surface area (Å²) in [6.45, 7) is 0. The minimum atomic E-state index is -0.945. The van der Waals surface area contributed by atoms with Crippen molar-refractivity contribution in [3.05, 3.63) is 82.1 Å². The van der Waals surface area contributed by atoms with Crippen LogP contribution in [0.2, 0.25) is 0 Å². The topological polar surface area (TPSA) is 58.2 Å². The summed E-state index contributed by atoms with van der Waals surface area (Å²) < 4.78 is 26.6. The zero-order valence-electron chi connectivity index (χ0n) is 12.8. The molecule has 0 radical (unpaired) electrons. The molecule has 0 aliphatic heterocycles. The van der Waals surface area contributed by atoms with Gasteiger partial charge in [-0.3, -0.25) is 9.59 Å². The lowest BCUT2D eigenvalue weighted by Gasteiger charge is -2.09. The molecule has 0 bridgehead atoms. The average Bonchev–Trinajstić information content (AvgIpc) is 3.09. The van der Waals surface area contributed by atoms with Crippen LogP contribution in [0.4, 0.5) is 20.2 Å². The molecular formula is C18H12F2N2O2S. The van der Waals surface area contributed by atoms with E-state index in [1.54, 1.807) is 41.8 Å². The molecule has 7 heteroatoms. The number of nitrogens with one attached hydrogen (secondary N) is 2. The zero-order valence-corrected chi connectivity index (χ0v) is 13.6. The van der Waals surface area contributed by atoms with E-state index in [-0.39, 0.29) is 11.5 Å². The van der Waals surface area contributed by atoms with Gasteiger partial charge < -0.3 is 10.6 Å². The van der Waals surface area contributed by atoms with Crippen LogP contribution in [0.25, 0.3) is 0 Å². The lowest BCUT2D eigenvalue weighted by molar-refractivity contribution is 0.101. The molecule has 2 N–H and O–H groups in total. The number of benzene rings is 2. The maximum Gasteiger partial charge on any atom is 0.265 e. The predicted octanol–water partition coefficient (Wildman–Crippen LogP) is 4.53. The first-order valence-electron chi connectivity index (χ1n) is 7.24. The van der Waals surface area contributed by atoms with E-state index in [1.807, 2.05) is 0 Å². The minimum Gasteiger partial charge on any atom is -0.322 e. The fourth-order valence-electron chi connectivity index (χ4n) is 2.15. The number of carbonyl (C=O) groups excluding carboxylic acids is 2. The van der Waals surface area contributed by atoms with Gasteiger partial charge in [0.05, 0.1) is 10.4 Å². The molecule has 25 heavy (non-hydrogen) atoms. The van der Waals surface area contributed by atoms with Gasteiger partial charge in [-0.15, -0.1) is 11.3 Å². The second kappa shape index (κ2) is 7.23. The number of hydrogen-bond acceptors (Lipinski definition) is 3.